The van der Waals surface area contributed by atoms with Gasteiger partial charge in [0.05, 0.1) is 24.3 Å². The molecule has 0 heterocycles. The van der Waals surface area contributed by atoms with Crippen LogP contribution in [0.2, 0.25) is 0 Å². The molecule has 0 amide bonds. The molecule has 0 radical (unpaired) electrons. The molecule has 0 aromatic heterocycles. The van der Waals surface area contributed by atoms with Gasteiger partial charge >= 0.3 is 0 Å². The lowest BCUT2D eigenvalue weighted by atomic mass is 10.1. The first-order chi connectivity index (χ1) is 8.31. The summed E-state index contributed by atoms with van der Waals surface area (Å²) in [6, 6.07) is 7.08. The third-order valence-electron chi connectivity index (χ3n) is 1.95. The Labute approximate surface area is 99.3 Å². The van der Waals surface area contributed by atoms with E-state index in [2.05, 4.69) is 21.9 Å². The lowest BCUT2D eigenvalue weighted by Crippen LogP contribution is -1.89. The van der Waals surface area contributed by atoms with Crippen LogP contribution < -0.4 is 4.74 Å². The van der Waals surface area contributed by atoms with Crippen LogP contribution in [0.25, 0.3) is 10.4 Å². The summed E-state index contributed by atoms with van der Waals surface area (Å²) in [5.74, 6) is 6.37. The van der Waals surface area contributed by atoms with Gasteiger partial charge in [0, 0.05) is 17.9 Å². The second-order valence-corrected chi connectivity index (χ2v) is 3.03. The normalized spacial score (nSPS) is 8.24. The van der Waals surface area contributed by atoms with Crippen molar-refractivity contribution in [3.05, 3.63) is 39.8 Å². The molecule has 1 aromatic rings. The first-order valence-corrected chi connectivity index (χ1v) is 4.89. The van der Waals surface area contributed by atoms with Crippen molar-refractivity contribution in [2.24, 2.45) is 5.11 Å². The van der Waals surface area contributed by atoms with Crippen molar-refractivity contribution in [2.45, 2.75) is 6.42 Å². The summed E-state index contributed by atoms with van der Waals surface area (Å²) in [6.07, 6.45) is 0.476. The first-order valence-electron chi connectivity index (χ1n) is 4.89. The minimum absolute atomic E-state index is 0.337. The summed E-state index contributed by atoms with van der Waals surface area (Å²) in [6.45, 7) is 0.337. The van der Waals surface area contributed by atoms with Crippen LogP contribution in [0.5, 0.6) is 5.75 Å². The van der Waals surface area contributed by atoms with Gasteiger partial charge in [0.2, 0.25) is 0 Å². The number of nitriles is 1. The van der Waals surface area contributed by atoms with Gasteiger partial charge in [-0.05, 0) is 23.7 Å². The standard InChI is InChI=1S/C12H10N4O/c1-17-12-6-5-10(9-13)8-11(12)4-2-3-7-15-16-14/h5-6,8H,3,7H2,1H3. The summed E-state index contributed by atoms with van der Waals surface area (Å²) in [4.78, 5) is 2.63. The summed E-state index contributed by atoms with van der Waals surface area (Å²) < 4.78 is 5.13. The third kappa shape index (κ3) is 3.79. The molecule has 0 unspecified atom stereocenters. The average Bonchev–Trinajstić information content (AvgIpc) is 2.38. The topological polar surface area (TPSA) is 81.8 Å². The number of rotatable bonds is 3. The van der Waals surface area contributed by atoms with E-state index in [0.717, 1.165) is 0 Å². The van der Waals surface area contributed by atoms with Gasteiger partial charge in [-0.1, -0.05) is 17.0 Å². The number of methoxy groups -OCH3 is 1. The van der Waals surface area contributed by atoms with Crippen LogP contribution in [0.3, 0.4) is 0 Å². The largest absolute Gasteiger partial charge is 0.495 e. The fraction of sp³-hybridized carbons (Fsp3) is 0.250. The van der Waals surface area contributed by atoms with E-state index in [1.165, 1.54) is 0 Å². The van der Waals surface area contributed by atoms with Crippen molar-refractivity contribution < 1.29 is 4.74 Å². The van der Waals surface area contributed by atoms with Gasteiger partial charge in [-0.15, -0.1) is 0 Å². The molecule has 84 valence electrons. The molecule has 5 heteroatoms. The molecule has 0 atom stereocenters. The van der Waals surface area contributed by atoms with E-state index in [0.29, 0.717) is 29.8 Å². The molecule has 5 nitrogen and oxygen atoms in total. The van der Waals surface area contributed by atoms with Gasteiger partial charge in [0.1, 0.15) is 5.75 Å². The zero-order valence-corrected chi connectivity index (χ0v) is 9.34. The van der Waals surface area contributed by atoms with Crippen LogP contribution in [0.15, 0.2) is 23.3 Å². The van der Waals surface area contributed by atoms with Crippen molar-refractivity contribution in [2.75, 3.05) is 13.7 Å². The monoisotopic (exact) mass is 226 g/mol. The van der Waals surface area contributed by atoms with Crippen LogP contribution in [-0.4, -0.2) is 13.7 Å². The Hall–Kier alpha value is -2.62. The predicted molar refractivity (Wildman–Crippen MR) is 63.2 cm³/mol. The maximum atomic E-state index is 8.77. The molecule has 0 spiro atoms. The van der Waals surface area contributed by atoms with Crippen molar-refractivity contribution >= 4 is 0 Å². The van der Waals surface area contributed by atoms with Crippen molar-refractivity contribution in [3.8, 4) is 23.7 Å². The third-order valence-corrected chi connectivity index (χ3v) is 1.95. The minimum Gasteiger partial charge on any atom is -0.495 e. The van der Waals surface area contributed by atoms with E-state index in [-0.39, 0.29) is 0 Å². The molecule has 0 aliphatic heterocycles. The second kappa shape index (κ2) is 6.79. The van der Waals surface area contributed by atoms with Crippen LogP contribution in [0.1, 0.15) is 17.5 Å². The first kappa shape index (κ1) is 12.4. The van der Waals surface area contributed by atoms with Gasteiger partial charge in [-0.3, -0.25) is 0 Å². The molecular weight excluding hydrogens is 216 g/mol. The van der Waals surface area contributed by atoms with Gasteiger partial charge in [-0.25, -0.2) is 0 Å². The highest BCUT2D eigenvalue weighted by Crippen LogP contribution is 2.18. The maximum absolute atomic E-state index is 8.77. The molecule has 1 aromatic carbocycles. The van der Waals surface area contributed by atoms with E-state index in [4.69, 9.17) is 15.5 Å². The lowest BCUT2D eigenvalue weighted by molar-refractivity contribution is 0.413. The second-order valence-electron chi connectivity index (χ2n) is 3.03. The Morgan fingerprint density at radius 1 is 1.53 bits per heavy atom. The SMILES string of the molecule is COc1ccc(C#N)cc1C#CCCN=[N+]=[N-]. The Morgan fingerprint density at radius 3 is 3.00 bits per heavy atom. The van der Waals surface area contributed by atoms with Gasteiger partial charge in [-0.2, -0.15) is 5.26 Å². The van der Waals surface area contributed by atoms with Crippen LogP contribution >= 0.6 is 0 Å². The number of azide groups is 1. The predicted octanol–water partition coefficient (Wildman–Crippen LogP) is 2.62. The Bertz CT molecular complexity index is 542. The van der Waals surface area contributed by atoms with Gasteiger partial charge in [0.25, 0.3) is 0 Å². The van der Waals surface area contributed by atoms with E-state index < -0.39 is 0 Å². The molecule has 0 saturated carbocycles. The zero-order valence-electron chi connectivity index (χ0n) is 9.34. The van der Waals surface area contributed by atoms with Crippen molar-refractivity contribution in [1.82, 2.24) is 0 Å². The minimum atomic E-state index is 0.337. The van der Waals surface area contributed by atoms with E-state index >= 15 is 0 Å². The highest BCUT2D eigenvalue weighted by molar-refractivity contribution is 5.50. The Kier molecular flexibility index (Phi) is 4.97. The highest BCUT2D eigenvalue weighted by Gasteiger charge is 2.00. The summed E-state index contributed by atoms with van der Waals surface area (Å²) in [5, 5.41) is 12.1. The summed E-state index contributed by atoms with van der Waals surface area (Å²) >= 11 is 0. The number of hydrogen-bond acceptors (Lipinski definition) is 3. The molecule has 0 fully saturated rings. The molecule has 0 saturated heterocycles. The van der Waals surface area contributed by atoms with Crippen LogP contribution in [0, 0.1) is 23.2 Å². The molecule has 0 aliphatic carbocycles. The van der Waals surface area contributed by atoms with E-state index in [1.807, 2.05) is 6.07 Å². The molecule has 17 heavy (non-hydrogen) atoms. The van der Waals surface area contributed by atoms with E-state index in [1.54, 1.807) is 25.3 Å². The lowest BCUT2D eigenvalue weighted by Gasteiger charge is -2.02. The summed E-state index contributed by atoms with van der Waals surface area (Å²) in [7, 11) is 1.55. The highest BCUT2D eigenvalue weighted by atomic mass is 16.5. The van der Waals surface area contributed by atoms with Gasteiger partial charge < -0.3 is 4.74 Å². The smallest absolute Gasteiger partial charge is 0.134 e. The molecule has 1 rings (SSSR count). The van der Waals surface area contributed by atoms with Crippen molar-refractivity contribution in [1.29, 1.82) is 5.26 Å². The number of ether oxygens (including phenoxy) is 1. The number of nitrogens with zero attached hydrogens (tertiary/aromatic N) is 4. The number of benzene rings is 1. The Balaban J connectivity index is 2.87. The van der Waals surface area contributed by atoms with Crippen LogP contribution in [0.4, 0.5) is 0 Å². The van der Waals surface area contributed by atoms with Crippen molar-refractivity contribution in [3.63, 3.8) is 0 Å². The quantitative estimate of drug-likeness (QED) is 0.261. The fourth-order valence-electron chi connectivity index (χ4n) is 1.18. The fourth-order valence-corrected chi connectivity index (χ4v) is 1.18. The van der Waals surface area contributed by atoms with Crippen LogP contribution in [-0.2, 0) is 0 Å². The molecular formula is C12H10N4O. The summed E-state index contributed by atoms with van der Waals surface area (Å²) in [5.41, 5.74) is 9.28. The maximum Gasteiger partial charge on any atom is 0.134 e. The molecule has 0 aliphatic rings. The Morgan fingerprint density at radius 2 is 2.35 bits per heavy atom. The average molecular weight is 226 g/mol. The number of hydrogen-bond donors (Lipinski definition) is 0. The van der Waals surface area contributed by atoms with E-state index in [9.17, 15) is 0 Å². The molecule has 0 N–H and O–H groups in total. The zero-order chi connectivity index (χ0) is 12.5. The van der Waals surface area contributed by atoms with Gasteiger partial charge in [0.15, 0.2) is 0 Å². The molecule has 0 bridgehead atoms.